The Kier molecular flexibility index (Phi) is 4.42. The average molecular weight is 359 g/mol. The van der Waals surface area contributed by atoms with Gasteiger partial charge in [0.2, 0.25) is 0 Å². The highest BCUT2D eigenvalue weighted by Gasteiger charge is 2.22. The molecule has 0 atom stereocenters. The van der Waals surface area contributed by atoms with Gasteiger partial charge in [-0.2, -0.15) is 4.73 Å². The molecular formula is C22H18FN3O. The van der Waals surface area contributed by atoms with Crippen LogP contribution in [0, 0.1) is 5.82 Å². The lowest BCUT2D eigenvalue weighted by molar-refractivity contribution is 0.144. The van der Waals surface area contributed by atoms with Crippen LogP contribution in [0.5, 0.6) is 0 Å². The molecule has 4 rings (SSSR count). The quantitative estimate of drug-likeness (QED) is 0.475. The van der Waals surface area contributed by atoms with Crippen LogP contribution in [-0.4, -0.2) is 21.3 Å². The van der Waals surface area contributed by atoms with Crippen molar-refractivity contribution in [2.24, 2.45) is 0 Å². The highest BCUT2D eigenvalue weighted by atomic mass is 19.1. The fourth-order valence-corrected chi connectivity index (χ4v) is 3.06. The van der Waals surface area contributed by atoms with Crippen molar-refractivity contribution in [3.63, 3.8) is 0 Å². The smallest absolute Gasteiger partial charge is 0.135 e. The largest absolute Gasteiger partial charge is 0.409 e. The first-order chi connectivity index (χ1) is 13.1. The van der Waals surface area contributed by atoms with E-state index in [2.05, 4.69) is 16.5 Å². The van der Waals surface area contributed by atoms with Gasteiger partial charge in [-0.25, -0.2) is 4.39 Å². The molecule has 0 amide bonds. The zero-order valence-corrected chi connectivity index (χ0v) is 14.9. The SMILES string of the molecule is C=C(C)COn1c(-c2ccncc2)c(-c2ccc(F)cc2)c2ncccc21. The number of pyridine rings is 2. The Morgan fingerprint density at radius 2 is 1.78 bits per heavy atom. The number of rotatable bonds is 5. The average Bonchev–Trinajstić information content (AvgIpc) is 3.02. The van der Waals surface area contributed by atoms with E-state index in [-0.39, 0.29) is 5.82 Å². The van der Waals surface area contributed by atoms with Crippen molar-refractivity contribution in [2.45, 2.75) is 6.92 Å². The maximum Gasteiger partial charge on any atom is 0.135 e. The molecule has 0 aliphatic rings. The molecule has 1 aromatic carbocycles. The first-order valence-electron chi connectivity index (χ1n) is 8.58. The van der Waals surface area contributed by atoms with Gasteiger partial charge in [0, 0.05) is 29.7 Å². The number of hydrogen-bond acceptors (Lipinski definition) is 3. The van der Waals surface area contributed by atoms with Crippen LogP contribution in [0.4, 0.5) is 4.39 Å². The summed E-state index contributed by atoms with van der Waals surface area (Å²) in [5.41, 5.74) is 6.07. The highest BCUT2D eigenvalue weighted by Crippen LogP contribution is 2.39. The number of fused-ring (bicyclic) bond motifs is 1. The minimum Gasteiger partial charge on any atom is -0.409 e. The molecule has 0 spiro atoms. The molecule has 0 saturated heterocycles. The normalized spacial score (nSPS) is 10.9. The summed E-state index contributed by atoms with van der Waals surface area (Å²) in [6.07, 6.45) is 5.21. The summed E-state index contributed by atoms with van der Waals surface area (Å²) in [5.74, 6) is -0.278. The standard InChI is InChI=1S/C22H18FN3O/c1-15(2)14-27-26-19-4-3-11-25-21(19)20(16-5-7-18(23)8-6-16)22(26)17-9-12-24-13-10-17/h3-13H,1,14H2,2H3. The molecular weight excluding hydrogens is 341 g/mol. The third-order valence-corrected chi connectivity index (χ3v) is 4.21. The Hall–Kier alpha value is -3.47. The summed E-state index contributed by atoms with van der Waals surface area (Å²) in [6.45, 7) is 6.21. The molecule has 3 heterocycles. The van der Waals surface area contributed by atoms with Crippen molar-refractivity contribution >= 4 is 11.0 Å². The van der Waals surface area contributed by atoms with Crippen molar-refractivity contribution in [3.8, 4) is 22.4 Å². The second kappa shape index (κ2) is 7.03. The number of nitrogens with zero attached hydrogens (tertiary/aromatic N) is 3. The first kappa shape index (κ1) is 17.0. The predicted molar refractivity (Wildman–Crippen MR) is 105 cm³/mol. The molecule has 4 nitrogen and oxygen atoms in total. The Morgan fingerprint density at radius 3 is 2.48 bits per heavy atom. The summed E-state index contributed by atoms with van der Waals surface area (Å²) in [4.78, 5) is 14.8. The minimum atomic E-state index is -0.278. The maximum atomic E-state index is 13.5. The monoisotopic (exact) mass is 359 g/mol. The molecule has 27 heavy (non-hydrogen) atoms. The van der Waals surface area contributed by atoms with E-state index in [0.717, 1.165) is 39.0 Å². The molecule has 0 aliphatic heterocycles. The van der Waals surface area contributed by atoms with Gasteiger partial charge >= 0.3 is 0 Å². The van der Waals surface area contributed by atoms with E-state index in [0.29, 0.717) is 6.61 Å². The molecule has 0 unspecified atom stereocenters. The van der Waals surface area contributed by atoms with Gasteiger partial charge in [-0.15, -0.1) is 0 Å². The lowest BCUT2D eigenvalue weighted by atomic mass is 10.0. The van der Waals surface area contributed by atoms with Gasteiger partial charge in [-0.1, -0.05) is 18.7 Å². The topological polar surface area (TPSA) is 39.9 Å². The molecule has 134 valence electrons. The van der Waals surface area contributed by atoms with E-state index in [4.69, 9.17) is 4.84 Å². The van der Waals surface area contributed by atoms with Crippen molar-refractivity contribution in [1.82, 2.24) is 14.7 Å². The Balaban J connectivity index is 2.05. The van der Waals surface area contributed by atoms with Gasteiger partial charge < -0.3 is 4.84 Å². The van der Waals surface area contributed by atoms with Crippen LogP contribution < -0.4 is 4.84 Å². The maximum absolute atomic E-state index is 13.5. The molecule has 0 fully saturated rings. The summed E-state index contributed by atoms with van der Waals surface area (Å²) < 4.78 is 15.3. The zero-order chi connectivity index (χ0) is 18.8. The Bertz CT molecular complexity index is 1100. The van der Waals surface area contributed by atoms with E-state index in [1.165, 1.54) is 12.1 Å². The van der Waals surface area contributed by atoms with Crippen LogP contribution in [0.15, 0.2) is 79.3 Å². The van der Waals surface area contributed by atoms with Crippen molar-refractivity contribution < 1.29 is 9.23 Å². The van der Waals surface area contributed by atoms with E-state index in [1.807, 2.05) is 31.2 Å². The van der Waals surface area contributed by atoms with Gasteiger partial charge in [0.15, 0.2) is 0 Å². The molecule has 0 radical (unpaired) electrons. The van der Waals surface area contributed by atoms with Gasteiger partial charge in [0.1, 0.15) is 23.5 Å². The molecule has 3 aromatic heterocycles. The van der Waals surface area contributed by atoms with Crippen LogP contribution in [0.3, 0.4) is 0 Å². The van der Waals surface area contributed by atoms with Gasteiger partial charge in [0.05, 0.1) is 5.69 Å². The summed E-state index contributed by atoms with van der Waals surface area (Å²) in [5, 5.41) is 0. The molecule has 0 N–H and O–H groups in total. The molecule has 5 heteroatoms. The first-order valence-corrected chi connectivity index (χ1v) is 8.58. The second-order valence-corrected chi connectivity index (χ2v) is 6.36. The van der Waals surface area contributed by atoms with Crippen LogP contribution >= 0.6 is 0 Å². The van der Waals surface area contributed by atoms with E-state index < -0.39 is 0 Å². The summed E-state index contributed by atoms with van der Waals surface area (Å²) in [7, 11) is 0. The van der Waals surface area contributed by atoms with Crippen molar-refractivity contribution in [3.05, 3.63) is 85.1 Å². The summed E-state index contributed by atoms with van der Waals surface area (Å²) >= 11 is 0. The number of aromatic nitrogens is 3. The Morgan fingerprint density at radius 1 is 1.04 bits per heavy atom. The van der Waals surface area contributed by atoms with Crippen LogP contribution in [-0.2, 0) is 0 Å². The molecule has 4 aromatic rings. The third kappa shape index (κ3) is 3.19. The highest BCUT2D eigenvalue weighted by molar-refractivity contribution is 6.01. The lowest BCUT2D eigenvalue weighted by Gasteiger charge is -2.13. The van der Waals surface area contributed by atoms with E-state index in [1.54, 1.807) is 35.5 Å². The van der Waals surface area contributed by atoms with Crippen molar-refractivity contribution in [2.75, 3.05) is 6.61 Å². The van der Waals surface area contributed by atoms with Crippen LogP contribution in [0.1, 0.15) is 6.92 Å². The van der Waals surface area contributed by atoms with Gasteiger partial charge in [-0.05, 0) is 54.5 Å². The van der Waals surface area contributed by atoms with Crippen molar-refractivity contribution in [1.29, 1.82) is 0 Å². The fraction of sp³-hybridized carbons (Fsp3) is 0.0909. The predicted octanol–water partition coefficient (Wildman–Crippen LogP) is 4.91. The molecule has 0 saturated carbocycles. The number of benzene rings is 1. The van der Waals surface area contributed by atoms with E-state index in [9.17, 15) is 4.39 Å². The van der Waals surface area contributed by atoms with E-state index >= 15 is 0 Å². The van der Waals surface area contributed by atoms with Crippen LogP contribution in [0.2, 0.25) is 0 Å². The number of halogens is 1. The third-order valence-electron chi connectivity index (χ3n) is 4.21. The zero-order valence-electron chi connectivity index (χ0n) is 14.9. The Labute approximate surface area is 156 Å². The minimum absolute atomic E-state index is 0.278. The lowest BCUT2D eigenvalue weighted by Crippen LogP contribution is -2.14. The van der Waals surface area contributed by atoms with Gasteiger partial charge in [0.25, 0.3) is 0 Å². The van der Waals surface area contributed by atoms with Crippen LogP contribution in [0.25, 0.3) is 33.4 Å². The summed E-state index contributed by atoms with van der Waals surface area (Å²) in [6, 6.07) is 14.1. The second-order valence-electron chi connectivity index (χ2n) is 6.36. The van der Waals surface area contributed by atoms with Gasteiger partial charge in [-0.3, -0.25) is 9.97 Å². The molecule has 0 bridgehead atoms. The number of hydrogen-bond donors (Lipinski definition) is 0. The molecule has 0 aliphatic carbocycles. The fourth-order valence-electron chi connectivity index (χ4n) is 3.06.